The summed E-state index contributed by atoms with van der Waals surface area (Å²) >= 11 is 0. The summed E-state index contributed by atoms with van der Waals surface area (Å²) in [5, 5.41) is 9.77. The van der Waals surface area contributed by atoms with E-state index in [9.17, 15) is 5.11 Å². The van der Waals surface area contributed by atoms with Crippen LogP contribution in [0.1, 0.15) is 70.5 Å². The highest BCUT2D eigenvalue weighted by atomic mass is 16.5. The van der Waals surface area contributed by atoms with E-state index in [1.54, 1.807) is 14.0 Å². The molecule has 0 fully saturated rings. The quantitative estimate of drug-likeness (QED) is 0.591. The van der Waals surface area contributed by atoms with E-state index in [1.807, 2.05) is 18.2 Å². The van der Waals surface area contributed by atoms with Crippen LogP contribution in [0.5, 0.6) is 11.5 Å². The normalized spacial score (nSPS) is 12.2. The Morgan fingerprint density at radius 1 is 1.05 bits per heavy atom. The van der Waals surface area contributed by atoms with Gasteiger partial charge in [0.25, 0.3) is 0 Å². The van der Waals surface area contributed by atoms with Gasteiger partial charge in [0, 0.05) is 11.6 Å². The molecule has 1 atom stereocenters. The molecule has 0 aromatic heterocycles. The fraction of sp³-hybridized carbons (Fsp3) is 0.667. The first-order valence-electron chi connectivity index (χ1n) is 8.17. The maximum Gasteiger partial charge on any atom is 0.128 e. The van der Waals surface area contributed by atoms with Crippen LogP contribution in [0, 0.1) is 0 Å². The van der Waals surface area contributed by atoms with Crippen LogP contribution in [0.15, 0.2) is 18.2 Å². The highest BCUT2D eigenvalue weighted by Gasteiger charge is 2.10. The Balaban J connectivity index is 2.33. The number of methoxy groups -OCH3 is 1. The Bertz CT molecular complexity index is 388. The number of hydrogen-bond acceptors (Lipinski definition) is 3. The van der Waals surface area contributed by atoms with Gasteiger partial charge in [-0.25, -0.2) is 0 Å². The van der Waals surface area contributed by atoms with Crippen molar-refractivity contribution < 1.29 is 14.6 Å². The minimum absolute atomic E-state index is 0.528. The number of ether oxygens (including phenoxy) is 2. The maximum absolute atomic E-state index is 9.77. The summed E-state index contributed by atoms with van der Waals surface area (Å²) in [6.45, 7) is 4.69. The fourth-order valence-corrected chi connectivity index (χ4v) is 2.35. The van der Waals surface area contributed by atoms with Crippen LogP contribution in [0.3, 0.4) is 0 Å². The molecular formula is C18H30O3. The maximum atomic E-state index is 9.77. The molecule has 0 bridgehead atoms. The second-order valence-electron chi connectivity index (χ2n) is 5.55. The van der Waals surface area contributed by atoms with Crippen molar-refractivity contribution in [3.8, 4) is 11.5 Å². The predicted molar refractivity (Wildman–Crippen MR) is 87.1 cm³/mol. The van der Waals surface area contributed by atoms with Crippen molar-refractivity contribution in [2.75, 3.05) is 13.7 Å². The first-order chi connectivity index (χ1) is 10.2. The molecule has 3 heteroatoms. The van der Waals surface area contributed by atoms with Crippen molar-refractivity contribution in [1.82, 2.24) is 0 Å². The van der Waals surface area contributed by atoms with Gasteiger partial charge < -0.3 is 14.6 Å². The van der Waals surface area contributed by atoms with E-state index in [4.69, 9.17) is 9.47 Å². The van der Waals surface area contributed by atoms with Gasteiger partial charge in [0.2, 0.25) is 0 Å². The Labute approximate surface area is 129 Å². The van der Waals surface area contributed by atoms with Crippen molar-refractivity contribution in [3.63, 3.8) is 0 Å². The van der Waals surface area contributed by atoms with Gasteiger partial charge in [-0.15, -0.1) is 0 Å². The third-order valence-electron chi connectivity index (χ3n) is 3.68. The average Bonchev–Trinajstić information content (AvgIpc) is 2.49. The molecule has 1 rings (SSSR count). The van der Waals surface area contributed by atoms with Crippen molar-refractivity contribution in [2.24, 2.45) is 0 Å². The molecule has 3 nitrogen and oxygen atoms in total. The van der Waals surface area contributed by atoms with Crippen LogP contribution >= 0.6 is 0 Å². The number of rotatable bonds is 11. The van der Waals surface area contributed by atoms with Gasteiger partial charge in [0.1, 0.15) is 11.5 Å². The predicted octanol–water partition coefficient (Wildman–Crippen LogP) is 4.88. The third-order valence-corrected chi connectivity index (χ3v) is 3.68. The van der Waals surface area contributed by atoms with E-state index >= 15 is 0 Å². The minimum atomic E-state index is -0.528. The molecule has 0 heterocycles. The Morgan fingerprint density at radius 3 is 2.33 bits per heavy atom. The molecule has 0 spiro atoms. The third kappa shape index (κ3) is 6.85. The van der Waals surface area contributed by atoms with Crippen molar-refractivity contribution in [1.29, 1.82) is 0 Å². The minimum Gasteiger partial charge on any atom is -0.497 e. The van der Waals surface area contributed by atoms with Gasteiger partial charge in [-0.3, -0.25) is 0 Å². The number of hydrogen-bond donors (Lipinski definition) is 1. The average molecular weight is 294 g/mol. The van der Waals surface area contributed by atoms with Crippen molar-refractivity contribution >= 4 is 0 Å². The zero-order chi connectivity index (χ0) is 15.5. The van der Waals surface area contributed by atoms with Crippen LogP contribution in [0.25, 0.3) is 0 Å². The second kappa shape index (κ2) is 10.5. The molecular weight excluding hydrogens is 264 g/mol. The summed E-state index contributed by atoms with van der Waals surface area (Å²) in [4.78, 5) is 0. The molecule has 0 amide bonds. The first kappa shape index (κ1) is 17.8. The Morgan fingerprint density at radius 2 is 1.71 bits per heavy atom. The number of aliphatic hydroxyl groups is 1. The standard InChI is InChI=1S/C18H30O3/c1-4-5-6-7-8-9-10-13-21-18-14-16(20-3)11-12-17(18)15(2)19/h11-12,14-15,19H,4-10,13H2,1-3H3. The molecule has 0 saturated heterocycles. The van der Waals surface area contributed by atoms with Crippen LogP contribution in [0.2, 0.25) is 0 Å². The van der Waals surface area contributed by atoms with Crippen LogP contribution in [-0.2, 0) is 0 Å². The summed E-state index contributed by atoms with van der Waals surface area (Å²) in [5.41, 5.74) is 0.818. The van der Waals surface area contributed by atoms with Gasteiger partial charge in [0.05, 0.1) is 19.8 Å². The monoisotopic (exact) mass is 294 g/mol. The molecule has 1 aromatic carbocycles. The molecule has 0 aliphatic heterocycles. The molecule has 120 valence electrons. The van der Waals surface area contributed by atoms with Crippen molar-refractivity contribution in [2.45, 2.75) is 64.9 Å². The van der Waals surface area contributed by atoms with E-state index in [0.29, 0.717) is 6.61 Å². The smallest absolute Gasteiger partial charge is 0.128 e. The molecule has 0 radical (unpaired) electrons. The van der Waals surface area contributed by atoms with Crippen LogP contribution in [-0.4, -0.2) is 18.8 Å². The van der Waals surface area contributed by atoms with Gasteiger partial charge >= 0.3 is 0 Å². The Kier molecular flexibility index (Phi) is 8.91. The van der Waals surface area contributed by atoms with E-state index in [0.717, 1.165) is 23.5 Å². The summed E-state index contributed by atoms with van der Waals surface area (Å²) in [7, 11) is 1.64. The lowest BCUT2D eigenvalue weighted by molar-refractivity contribution is 0.190. The lowest BCUT2D eigenvalue weighted by atomic mass is 10.1. The zero-order valence-corrected chi connectivity index (χ0v) is 13.7. The SMILES string of the molecule is CCCCCCCCCOc1cc(OC)ccc1C(C)O. The largest absolute Gasteiger partial charge is 0.497 e. The molecule has 1 N–H and O–H groups in total. The molecule has 1 unspecified atom stereocenters. The molecule has 0 aliphatic rings. The van der Waals surface area contributed by atoms with Crippen LogP contribution < -0.4 is 9.47 Å². The number of aliphatic hydroxyl groups excluding tert-OH is 1. The number of benzene rings is 1. The summed E-state index contributed by atoms with van der Waals surface area (Å²) in [6, 6.07) is 5.57. The van der Waals surface area contributed by atoms with Gasteiger partial charge in [-0.05, 0) is 25.5 Å². The molecule has 0 saturated carbocycles. The lowest BCUT2D eigenvalue weighted by Crippen LogP contribution is -2.03. The lowest BCUT2D eigenvalue weighted by Gasteiger charge is -2.14. The molecule has 0 aliphatic carbocycles. The summed E-state index contributed by atoms with van der Waals surface area (Å²) < 4.78 is 11.0. The summed E-state index contributed by atoms with van der Waals surface area (Å²) in [5.74, 6) is 1.49. The molecule has 1 aromatic rings. The summed E-state index contributed by atoms with van der Waals surface area (Å²) in [6.07, 6.45) is 8.33. The highest BCUT2D eigenvalue weighted by Crippen LogP contribution is 2.29. The molecule has 21 heavy (non-hydrogen) atoms. The van der Waals surface area contributed by atoms with Gasteiger partial charge in [-0.2, -0.15) is 0 Å². The topological polar surface area (TPSA) is 38.7 Å². The van der Waals surface area contributed by atoms with Gasteiger partial charge in [0.15, 0.2) is 0 Å². The number of unbranched alkanes of at least 4 members (excludes halogenated alkanes) is 6. The van der Waals surface area contributed by atoms with Crippen molar-refractivity contribution in [3.05, 3.63) is 23.8 Å². The highest BCUT2D eigenvalue weighted by molar-refractivity contribution is 5.41. The first-order valence-corrected chi connectivity index (χ1v) is 8.17. The van der Waals surface area contributed by atoms with E-state index < -0.39 is 6.10 Å². The van der Waals surface area contributed by atoms with E-state index in [2.05, 4.69) is 6.92 Å². The zero-order valence-electron chi connectivity index (χ0n) is 13.7. The van der Waals surface area contributed by atoms with Crippen LogP contribution in [0.4, 0.5) is 0 Å². The second-order valence-corrected chi connectivity index (χ2v) is 5.55. The fourth-order valence-electron chi connectivity index (χ4n) is 2.35. The Hall–Kier alpha value is -1.22. The van der Waals surface area contributed by atoms with E-state index in [-0.39, 0.29) is 0 Å². The van der Waals surface area contributed by atoms with Gasteiger partial charge in [-0.1, -0.05) is 45.4 Å². The van der Waals surface area contributed by atoms with E-state index in [1.165, 1.54) is 38.5 Å².